The highest BCUT2D eigenvalue weighted by Gasteiger charge is 2.16. The Kier molecular flexibility index (Phi) is 6.29. The van der Waals surface area contributed by atoms with Crippen molar-refractivity contribution in [1.82, 2.24) is 20.0 Å². The fourth-order valence-corrected chi connectivity index (χ4v) is 2.90. The molecule has 2 heterocycles. The summed E-state index contributed by atoms with van der Waals surface area (Å²) in [5, 5.41) is 7.29. The Bertz CT molecular complexity index is 562. The number of aromatic nitrogens is 2. The molecule has 0 spiro atoms. The van der Waals surface area contributed by atoms with Crippen LogP contribution in [0.4, 0.5) is 0 Å². The molecule has 1 N–H and O–H groups in total. The standard InChI is InChI=1S/C16H26N4O3/c1-12-16(14(3)21)13(2)20(18-12)6-4-15(22)17-5-7-19-8-10-23-11-9-19/h4-11H2,1-3H3,(H,17,22). The molecule has 7 heteroatoms. The van der Waals surface area contributed by atoms with Crippen LogP contribution in [-0.2, 0) is 16.1 Å². The number of Topliss-reactive ketones (excluding diaryl/α,β-unsaturated/α-hetero) is 1. The van der Waals surface area contributed by atoms with E-state index in [0.29, 0.717) is 25.1 Å². The van der Waals surface area contributed by atoms with Crippen molar-refractivity contribution in [2.45, 2.75) is 33.7 Å². The quantitative estimate of drug-likeness (QED) is 0.742. The van der Waals surface area contributed by atoms with Gasteiger partial charge in [-0.1, -0.05) is 0 Å². The first-order valence-electron chi connectivity index (χ1n) is 8.10. The van der Waals surface area contributed by atoms with Crippen molar-refractivity contribution in [2.75, 3.05) is 39.4 Å². The number of nitrogens with one attached hydrogen (secondary N) is 1. The predicted molar refractivity (Wildman–Crippen MR) is 86.6 cm³/mol. The first-order chi connectivity index (χ1) is 11.0. The van der Waals surface area contributed by atoms with Crippen LogP contribution in [0.1, 0.15) is 35.1 Å². The molecule has 0 atom stereocenters. The number of ether oxygens (including phenoxy) is 1. The van der Waals surface area contributed by atoms with Gasteiger partial charge in [0, 0.05) is 44.8 Å². The van der Waals surface area contributed by atoms with Crippen molar-refractivity contribution < 1.29 is 14.3 Å². The van der Waals surface area contributed by atoms with E-state index < -0.39 is 0 Å². The van der Waals surface area contributed by atoms with Gasteiger partial charge in [-0.3, -0.25) is 19.2 Å². The molecule has 0 unspecified atom stereocenters. The van der Waals surface area contributed by atoms with Gasteiger partial charge in [-0.2, -0.15) is 5.10 Å². The molecule has 1 aromatic rings. The Balaban J connectivity index is 1.74. The second kappa shape index (κ2) is 8.21. The van der Waals surface area contributed by atoms with Crippen molar-refractivity contribution in [2.24, 2.45) is 0 Å². The van der Waals surface area contributed by atoms with E-state index in [4.69, 9.17) is 4.74 Å². The van der Waals surface area contributed by atoms with E-state index in [0.717, 1.165) is 44.2 Å². The van der Waals surface area contributed by atoms with Gasteiger partial charge < -0.3 is 10.1 Å². The van der Waals surface area contributed by atoms with Gasteiger partial charge in [-0.25, -0.2) is 0 Å². The average Bonchev–Trinajstić information content (AvgIpc) is 2.80. The van der Waals surface area contributed by atoms with E-state index in [2.05, 4.69) is 15.3 Å². The number of rotatable bonds is 7. The van der Waals surface area contributed by atoms with Crippen LogP contribution < -0.4 is 5.32 Å². The Morgan fingerprint density at radius 1 is 1.22 bits per heavy atom. The summed E-state index contributed by atoms with van der Waals surface area (Å²) in [4.78, 5) is 25.8. The number of nitrogens with zero attached hydrogens (tertiary/aromatic N) is 3. The molecule has 0 saturated carbocycles. The Morgan fingerprint density at radius 2 is 1.91 bits per heavy atom. The van der Waals surface area contributed by atoms with E-state index in [1.165, 1.54) is 0 Å². The predicted octanol–water partition coefficient (Wildman–Crippen LogP) is 0.541. The molecule has 23 heavy (non-hydrogen) atoms. The van der Waals surface area contributed by atoms with Crippen molar-refractivity contribution in [3.05, 3.63) is 17.0 Å². The average molecular weight is 322 g/mol. The maximum Gasteiger partial charge on any atom is 0.221 e. The summed E-state index contributed by atoms with van der Waals surface area (Å²) in [7, 11) is 0. The lowest BCUT2D eigenvalue weighted by Crippen LogP contribution is -2.41. The molecule has 7 nitrogen and oxygen atoms in total. The first-order valence-corrected chi connectivity index (χ1v) is 8.10. The summed E-state index contributed by atoms with van der Waals surface area (Å²) >= 11 is 0. The third-order valence-corrected chi connectivity index (χ3v) is 4.14. The molecule has 1 saturated heterocycles. The molecule has 128 valence electrons. The largest absolute Gasteiger partial charge is 0.379 e. The third-order valence-electron chi connectivity index (χ3n) is 4.14. The number of hydrogen-bond donors (Lipinski definition) is 1. The van der Waals surface area contributed by atoms with Crippen LogP contribution in [0.3, 0.4) is 0 Å². The minimum atomic E-state index is 0.00943. The van der Waals surface area contributed by atoms with Crippen LogP contribution in [0.5, 0.6) is 0 Å². The number of hydrogen-bond acceptors (Lipinski definition) is 5. The summed E-state index contributed by atoms with van der Waals surface area (Å²) in [6, 6.07) is 0. The zero-order valence-electron chi connectivity index (χ0n) is 14.2. The second-order valence-electron chi connectivity index (χ2n) is 5.88. The molecule has 1 fully saturated rings. The topological polar surface area (TPSA) is 76.5 Å². The number of morpholine rings is 1. The van der Waals surface area contributed by atoms with E-state index in [1.54, 1.807) is 11.6 Å². The van der Waals surface area contributed by atoms with Crippen molar-refractivity contribution in [3.63, 3.8) is 0 Å². The van der Waals surface area contributed by atoms with Crippen molar-refractivity contribution in [3.8, 4) is 0 Å². The molecule has 1 aliphatic heterocycles. The van der Waals surface area contributed by atoms with E-state index in [9.17, 15) is 9.59 Å². The maximum absolute atomic E-state index is 11.9. The highest BCUT2D eigenvalue weighted by Crippen LogP contribution is 2.13. The molecule has 1 amide bonds. The second-order valence-corrected chi connectivity index (χ2v) is 5.88. The summed E-state index contributed by atoms with van der Waals surface area (Å²) < 4.78 is 7.04. The van der Waals surface area contributed by atoms with Crippen LogP contribution in [0.15, 0.2) is 0 Å². The molecule has 0 aliphatic carbocycles. The zero-order valence-corrected chi connectivity index (χ0v) is 14.2. The molecule has 2 rings (SSSR count). The van der Waals surface area contributed by atoms with Crippen molar-refractivity contribution in [1.29, 1.82) is 0 Å². The van der Waals surface area contributed by atoms with Gasteiger partial charge in [0.2, 0.25) is 5.91 Å². The van der Waals surface area contributed by atoms with Gasteiger partial charge >= 0.3 is 0 Å². The fraction of sp³-hybridized carbons (Fsp3) is 0.688. The van der Waals surface area contributed by atoms with Crippen molar-refractivity contribution >= 4 is 11.7 Å². The fourth-order valence-electron chi connectivity index (χ4n) is 2.90. The van der Waals surface area contributed by atoms with Crippen LogP contribution in [0.2, 0.25) is 0 Å². The molecule has 1 aromatic heterocycles. The number of amides is 1. The lowest BCUT2D eigenvalue weighted by Gasteiger charge is -2.26. The summed E-state index contributed by atoms with van der Waals surface area (Å²) in [6.07, 6.45) is 0.364. The highest BCUT2D eigenvalue weighted by molar-refractivity contribution is 5.96. The molecule has 1 aliphatic rings. The lowest BCUT2D eigenvalue weighted by molar-refractivity contribution is -0.121. The Morgan fingerprint density at radius 3 is 2.52 bits per heavy atom. The number of carbonyl (C=O) groups excluding carboxylic acids is 2. The molecular weight excluding hydrogens is 296 g/mol. The third kappa shape index (κ3) is 4.87. The van der Waals surface area contributed by atoms with Gasteiger partial charge in [0.1, 0.15) is 0 Å². The van der Waals surface area contributed by atoms with Gasteiger partial charge in [-0.05, 0) is 20.8 Å². The summed E-state index contributed by atoms with van der Waals surface area (Å²) in [6.45, 7) is 10.6. The highest BCUT2D eigenvalue weighted by atomic mass is 16.5. The van der Waals surface area contributed by atoms with Gasteiger partial charge in [0.25, 0.3) is 0 Å². The zero-order chi connectivity index (χ0) is 16.8. The summed E-state index contributed by atoms with van der Waals surface area (Å²) in [5.41, 5.74) is 2.22. The molecular formula is C16H26N4O3. The van der Waals surface area contributed by atoms with Crippen LogP contribution in [0, 0.1) is 13.8 Å². The van der Waals surface area contributed by atoms with Crippen LogP contribution in [0.25, 0.3) is 0 Å². The van der Waals surface area contributed by atoms with Gasteiger partial charge in [0.15, 0.2) is 5.78 Å². The summed E-state index contributed by atoms with van der Waals surface area (Å²) in [5.74, 6) is 0.0244. The number of ketones is 1. The molecule has 0 radical (unpaired) electrons. The minimum absolute atomic E-state index is 0.00943. The van der Waals surface area contributed by atoms with E-state index in [-0.39, 0.29) is 11.7 Å². The number of carbonyl (C=O) groups is 2. The van der Waals surface area contributed by atoms with Crippen LogP contribution in [-0.4, -0.2) is 65.8 Å². The van der Waals surface area contributed by atoms with Gasteiger partial charge in [-0.15, -0.1) is 0 Å². The molecule has 0 aromatic carbocycles. The van der Waals surface area contributed by atoms with Crippen LogP contribution >= 0.6 is 0 Å². The molecule has 0 bridgehead atoms. The van der Waals surface area contributed by atoms with Gasteiger partial charge in [0.05, 0.1) is 24.5 Å². The SMILES string of the molecule is CC(=O)c1c(C)nn(CCC(=O)NCCN2CCOCC2)c1C. The number of aryl methyl sites for hydroxylation is 2. The minimum Gasteiger partial charge on any atom is -0.379 e. The monoisotopic (exact) mass is 322 g/mol. The smallest absolute Gasteiger partial charge is 0.221 e. The lowest BCUT2D eigenvalue weighted by atomic mass is 10.1. The normalized spacial score (nSPS) is 15.6. The Labute approximate surface area is 137 Å². The Hall–Kier alpha value is -1.73. The van der Waals surface area contributed by atoms with E-state index >= 15 is 0 Å². The van der Waals surface area contributed by atoms with E-state index in [1.807, 2.05) is 13.8 Å². The maximum atomic E-state index is 11.9. The first kappa shape index (κ1) is 17.6.